The monoisotopic (exact) mass is 278 g/mol. The van der Waals surface area contributed by atoms with Gasteiger partial charge in [0, 0.05) is 11.5 Å². The molecule has 6 nitrogen and oxygen atoms in total. The molecule has 2 atom stereocenters. The molecule has 15 heavy (non-hydrogen) atoms. The molecule has 0 saturated heterocycles. The second-order valence-electron chi connectivity index (χ2n) is 2.42. The van der Waals surface area contributed by atoms with Crippen molar-refractivity contribution in [1.29, 1.82) is 0 Å². The van der Waals surface area contributed by atoms with E-state index in [1.165, 1.54) is 0 Å². The van der Waals surface area contributed by atoms with E-state index in [0.29, 0.717) is 0 Å². The molecule has 0 fully saturated rings. The van der Waals surface area contributed by atoms with Gasteiger partial charge in [0.25, 0.3) is 0 Å². The van der Waals surface area contributed by atoms with Gasteiger partial charge in [-0.1, -0.05) is 21.6 Å². The van der Waals surface area contributed by atoms with E-state index < -0.39 is 24.0 Å². The Balaban J connectivity index is 0. The second kappa shape index (κ2) is 10.0. The van der Waals surface area contributed by atoms with Crippen LogP contribution in [0.5, 0.6) is 0 Å². The van der Waals surface area contributed by atoms with Crippen LogP contribution in [0.1, 0.15) is 0 Å². The first-order chi connectivity index (χ1) is 6.45. The standard InChI is InChI=1S/C6H12N2O4S2.Ca/c7-3(5(9)10)1-13-14-2-4(8)6(11)12;/h3-4H,1-2,7-8H2,(H,9,10)(H,11,12);/q;+2/p-2/t3-,4-;/m1./s1. The van der Waals surface area contributed by atoms with Gasteiger partial charge in [-0.25, -0.2) is 0 Å². The number of rotatable bonds is 7. The van der Waals surface area contributed by atoms with Gasteiger partial charge in [-0.3, -0.25) is 0 Å². The number of carboxylic acids is 2. The average molecular weight is 278 g/mol. The average Bonchev–Trinajstić information content (AvgIpc) is 2.11. The first kappa shape index (κ1) is 18.2. The summed E-state index contributed by atoms with van der Waals surface area (Å²) in [6.45, 7) is 0. The van der Waals surface area contributed by atoms with Gasteiger partial charge in [-0.05, 0) is 0 Å². The topological polar surface area (TPSA) is 132 Å². The molecule has 82 valence electrons. The Labute approximate surface area is 125 Å². The molecule has 9 heteroatoms. The number of carbonyl (C=O) groups excluding carboxylic acids is 2. The molecular weight excluding hydrogens is 268 g/mol. The van der Waals surface area contributed by atoms with Crippen molar-refractivity contribution in [2.45, 2.75) is 12.1 Å². The minimum Gasteiger partial charge on any atom is -0.548 e. The largest absolute Gasteiger partial charge is 2.00 e. The van der Waals surface area contributed by atoms with Gasteiger partial charge in [0.05, 0.1) is 24.0 Å². The number of aliphatic carboxylic acids is 2. The van der Waals surface area contributed by atoms with E-state index in [-0.39, 0.29) is 49.2 Å². The maximum absolute atomic E-state index is 10.1. The van der Waals surface area contributed by atoms with Gasteiger partial charge in [0.15, 0.2) is 0 Å². The summed E-state index contributed by atoms with van der Waals surface area (Å²) in [6, 6.07) is -2.10. The van der Waals surface area contributed by atoms with Crippen LogP contribution < -0.4 is 21.7 Å². The predicted molar refractivity (Wildman–Crippen MR) is 56.6 cm³/mol. The molecule has 0 aromatic heterocycles. The first-order valence-electron chi connectivity index (χ1n) is 3.62. The van der Waals surface area contributed by atoms with Crippen LogP contribution in [0.4, 0.5) is 0 Å². The zero-order valence-corrected chi connectivity index (χ0v) is 11.7. The molecule has 0 saturated carbocycles. The summed E-state index contributed by atoms with van der Waals surface area (Å²) in [5.41, 5.74) is 10.3. The summed E-state index contributed by atoms with van der Waals surface area (Å²) >= 11 is 0. The Kier molecular flexibility index (Phi) is 12.1. The molecular formula is C6H10CaN2O4S2. The van der Waals surface area contributed by atoms with E-state index >= 15 is 0 Å². The van der Waals surface area contributed by atoms with Gasteiger partial charge < -0.3 is 31.3 Å². The molecule has 0 aliphatic heterocycles. The van der Waals surface area contributed by atoms with Crippen LogP contribution in [-0.4, -0.2) is 73.3 Å². The zero-order chi connectivity index (χ0) is 11.1. The summed E-state index contributed by atoms with van der Waals surface area (Å²) in [7, 11) is 2.27. The predicted octanol–water partition coefficient (Wildman–Crippen LogP) is -3.86. The van der Waals surface area contributed by atoms with Gasteiger partial charge in [0.2, 0.25) is 0 Å². The SMILES string of the molecule is N[C@H](CSSC[C@@H](N)C(=O)[O-])C(=O)[O-].[Ca+2]. The fourth-order valence-electron chi connectivity index (χ4n) is 0.379. The third-order valence-corrected chi connectivity index (χ3v) is 3.66. The number of nitrogens with two attached hydrogens (primary N) is 2. The molecule has 0 rings (SSSR count). The van der Waals surface area contributed by atoms with Crippen molar-refractivity contribution in [3.8, 4) is 0 Å². The molecule has 0 aromatic rings. The Hall–Kier alpha value is 0.820. The summed E-state index contributed by atoms with van der Waals surface area (Å²) in [5.74, 6) is -2.37. The van der Waals surface area contributed by atoms with Crippen LogP contribution in [0.3, 0.4) is 0 Å². The number of carbonyl (C=O) groups is 2. The molecule has 0 spiro atoms. The Morgan fingerprint density at radius 1 is 1.00 bits per heavy atom. The molecule has 0 radical (unpaired) electrons. The van der Waals surface area contributed by atoms with E-state index in [4.69, 9.17) is 11.5 Å². The summed E-state index contributed by atoms with van der Waals surface area (Å²) in [5, 5.41) is 20.3. The third kappa shape index (κ3) is 9.73. The molecule has 0 aromatic carbocycles. The summed E-state index contributed by atoms with van der Waals surface area (Å²) in [6.07, 6.45) is 0. The van der Waals surface area contributed by atoms with Crippen molar-refractivity contribution in [3.05, 3.63) is 0 Å². The smallest absolute Gasteiger partial charge is 0.548 e. The molecule has 0 heterocycles. The van der Waals surface area contributed by atoms with Crippen molar-refractivity contribution in [1.82, 2.24) is 0 Å². The quantitative estimate of drug-likeness (QED) is 0.275. The summed E-state index contributed by atoms with van der Waals surface area (Å²) < 4.78 is 0. The number of hydrogen-bond donors (Lipinski definition) is 2. The van der Waals surface area contributed by atoms with Crippen molar-refractivity contribution in [2.24, 2.45) is 11.5 Å². The van der Waals surface area contributed by atoms with Crippen LogP contribution in [0.15, 0.2) is 0 Å². The van der Waals surface area contributed by atoms with Gasteiger partial charge in [-0.2, -0.15) is 0 Å². The van der Waals surface area contributed by atoms with E-state index in [2.05, 4.69) is 0 Å². The van der Waals surface area contributed by atoms with Crippen LogP contribution in [0.2, 0.25) is 0 Å². The number of carboxylic acid groups (broad SMARTS) is 2. The van der Waals surface area contributed by atoms with Gasteiger partial charge in [-0.15, -0.1) is 0 Å². The second-order valence-corrected chi connectivity index (χ2v) is 4.97. The van der Waals surface area contributed by atoms with E-state index in [0.717, 1.165) is 21.6 Å². The van der Waals surface area contributed by atoms with Crippen LogP contribution in [0.25, 0.3) is 0 Å². The third-order valence-electron chi connectivity index (χ3n) is 1.18. The van der Waals surface area contributed by atoms with Crippen molar-refractivity contribution in [2.75, 3.05) is 11.5 Å². The molecule has 0 unspecified atom stereocenters. The minimum atomic E-state index is -1.33. The summed E-state index contributed by atoms with van der Waals surface area (Å²) in [4.78, 5) is 20.3. The molecule has 0 amide bonds. The molecule has 0 bridgehead atoms. The van der Waals surface area contributed by atoms with Crippen LogP contribution in [-0.2, 0) is 9.59 Å². The Bertz CT molecular complexity index is 197. The van der Waals surface area contributed by atoms with E-state index in [9.17, 15) is 19.8 Å². The maximum Gasteiger partial charge on any atom is 2.00 e. The Morgan fingerprint density at radius 2 is 1.27 bits per heavy atom. The normalized spacial score (nSPS) is 13.7. The van der Waals surface area contributed by atoms with E-state index in [1.54, 1.807) is 0 Å². The molecule has 4 N–H and O–H groups in total. The zero-order valence-electron chi connectivity index (χ0n) is 7.88. The maximum atomic E-state index is 10.1. The van der Waals surface area contributed by atoms with Crippen LogP contribution >= 0.6 is 21.6 Å². The van der Waals surface area contributed by atoms with Crippen molar-refractivity contribution >= 4 is 71.3 Å². The fraction of sp³-hybridized carbons (Fsp3) is 0.667. The van der Waals surface area contributed by atoms with Crippen LogP contribution in [0, 0.1) is 0 Å². The van der Waals surface area contributed by atoms with Gasteiger partial charge in [0.1, 0.15) is 0 Å². The Morgan fingerprint density at radius 3 is 1.47 bits per heavy atom. The van der Waals surface area contributed by atoms with Crippen molar-refractivity contribution < 1.29 is 19.8 Å². The van der Waals surface area contributed by atoms with Crippen molar-refractivity contribution in [3.63, 3.8) is 0 Å². The fourth-order valence-corrected chi connectivity index (χ4v) is 2.59. The van der Waals surface area contributed by atoms with E-state index in [1.807, 2.05) is 0 Å². The molecule has 0 aliphatic rings. The van der Waals surface area contributed by atoms with Gasteiger partial charge >= 0.3 is 37.7 Å². The first-order valence-corrected chi connectivity index (χ1v) is 6.11. The molecule has 0 aliphatic carbocycles. The minimum absolute atomic E-state index is 0. The number of hydrogen-bond acceptors (Lipinski definition) is 8.